The summed E-state index contributed by atoms with van der Waals surface area (Å²) < 4.78 is 1.20. The number of rotatable bonds is 2. The Morgan fingerprint density at radius 3 is 1.60 bits per heavy atom. The molecule has 20 heavy (non-hydrogen) atoms. The molecule has 5 rings (SSSR count). The maximum atomic E-state index is 2.43. The van der Waals surface area contributed by atoms with Gasteiger partial charge in [0.25, 0.3) is 0 Å². The Balaban J connectivity index is 1.72. The highest BCUT2D eigenvalue weighted by Crippen LogP contribution is 2.88. The molecule has 0 atom stereocenters. The molecule has 0 unspecified atom stereocenters. The molecule has 4 aliphatic heterocycles. The van der Waals surface area contributed by atoms with Gasteiger partial charge in [-0.25, -0.2) is 0 Å². The van der Waals surface area contributed by atoms with Crippen LogP contribution in [0.2, 0.25) is 0 Å². The summed E-state index contributed by atoms with van der Waals surface area (Å²) in [5.41, 5.74) is 1.47. The summed E-state index contributed by atoms with van der Waals surface area (Å²) in [7, 11) is 0. The molecule has 108 valence electrons. The molecule has 4 bridgehead atoms. The Bertz CT molecular complexity index is 490. The summed E-state index contributed by atoms with van der Waals surface area (Å²) in [4.78, 5) is 0. The number of benzene rings is 1. The van der Waals surface area contributed by atoms with Crippen molar-refractivity contribution in [2.24, 2.45) is 0 Å². The Kier molecular flexibility index (Phi) is 3.47. The van der Waals surface area contributed by atoms with Gasteiger partial charge in [-0.05, 0) is 26.3 Å². The van der Waals surface area contributed by atoms with Gasteiger partial charge in [0.2, 0.25) is 0 Å². The number of hydrogen-bond acceptors (Lipinski definition) is 6. The fourth-order valence-electron chi connectivity index (χ4n) is 3.06. The lowest BCUT2D eigenvalue weighted by atomic mass is 10.2. The van der Waals surface area contributed by atoms with Crippen LogP contribution in [-0.4, -0.2) is 13.6 Å². The Hall–Kier alpha value is 1.32. The average molecular weight is 377 g/mol. The lowest BCUT2D eigenvalue weighted by Crippen LogP contribution is -2.51. The second-order valence-corrected chi connectivity index (χ2v) is 19.3. The van der Waals surface area contributed by atoms with Crippen molar-refractivity contribution in [2.75, 3.05) is 0 Å². The van der Waals surface area contributed by atoms with Crippen LogP contribution in [0.3, 0.4) is 0 Å². The van der Waals surface area contributed by atoms with E-state index in [2.05, 4.69) is 122 Å². The van der Waals surface area contributed by atoms with E-state index in [0.29, 0.717) is 10.2 Å². The second-order valence-electron chi connectivity index (χ2n) is 5.54. The summed E-state index contributed by atoms with van der Waals surface area (Å²) in [5.74, 6) is 0. The van der Waals surface area contributed by atoms with Crippen molar-refractivity contribution in [1.82, 2.24) is 0 Å². The molecule has 0 saturated carbocycles. The zero-order chi connectivity index (χ0) is 14.1. The quantitative estimate of drug-likeness (QED) is 0.586. The van der Waals surface area contributed by atoms with Crippen LogP contribution >= 0.6 is 70.6 Å². The summed E-state index contributed by atoms with van der Waals surface area (Å²) in [6, 6.07) is 11.0. The van der Waals surface area contributed by atoms with E-state index in [1.807, 2.05) is 0 Å². The molecule has 4 heterocycles. The van der Waals surface area contributed by atoms with Gasteiger partial charge in [0.15, 0.2) is 0 Å². The van der Waals surface area contributed by atoms with Gasteiger partial charge in [-0.15, -0.1) is 70.6 Å². The summed E-state index contributed by atoms with van der Waals surface area (Å²) >= 11 is 13.0. The summed E-state index contributed by atoms with van der Waals surface area (Å²) in [6.45, 7) is 7.30. The van der Waals surface area contributed by atoms with Crippen molar-refractivity contribution < 1.29 is 0 Å². The van der Waals surface area contributed by atoms with Gasteiger partial charge in [0.1, 0.15) is 13.6 Å². The third-order valence-corrected chi connectivity index (χ3v) is 14.1. The molecule has 0 amide bonds. The van der Waals surface area contributed by atoms with Gasteiger partial charge in [0, 0.05) is 6.42 Å². The van der Waals surface area contributed by atoms with E-state index in [1.165, 1.54) is 5.56 Å². The fraction of sp³-hybridized carbons (Fsp3) is 0.571. The van der Waals surface area contributed by atoms with Crippen molar-refractivity contribution in [3.63, 3.8) is 0 Å². The van der Waals surface area contributed by atoms with Crippen molar-refractivity contribution in [3.05, 3.63) is 35.9 Å². The molecule has 4 fully saturated rings. The number of thioether (sulfide) groups is 6. The third-order valence-electron chi connectivity index (χ3n) is 3.40. The van der Waals surface area contributed by atoms with Gasteiger partial charge in [-0.2, -0.15) is 0 Å². The standard InChI is InChI=1S/C14H16S6/c1-11-15-12(2)17-13(3,16-11)20-14(18-11,19-12)9-10-7-5-4-6-8-10/h4-8H,9H2,1-3H3. The van der Waals surface area contributed by atoms with Crippen molar-refractivity contribution in [2.45, 2.75) is 40.8 Å². The maximum Gasteiger partial charge on any atom is 0.117 e. The lowest BCUT2D eigenvalue weighted by Gasteiger charge is -2.65. The average Bonchev–Trinajstić information content (AvgIpc) is 2.22. The monoisotopic (exact) mass is 376 g/mol. The van der Waals surface area contributed by atoms with Crippen LogP contribution < -0.4 is 0 Å². The molecule has 0 nitrogen and oxygen atoms in total. The molecular weight excluding hydrogens is 361 g/mol. The smallest absolute Gasteiger partial charge is 0.105 e. The highest BCUT2D eigenvalue weighted by Gasteiger charge is 2.68. The Labute approximate surface area is 146 Å². The molecule has 0 aliphatic carbocycles. The van der Waals surface area contributed by atoms with E-state index in [9.17, 15) is 0 Å². The number of hydrogen-bond donors (Lipinski definition) is 0. The molecule has 4 aliphatic rings. The molecule has 0 radical (unpaired) electrons. The van der Waals surface area contributed by atoms with Crippen molar-refractivity contribution in [3.8, 4) is 0 Å². The van der Waals surface area contributed by atoms with Gasteiger partial charge in [-0.3, -0.25) is 0 Å². The van der Waals surface area contributed by atoms with Crippen LogP contribution in [0.25, 0.3) is 0 Å². The van der Waals surface area contributed by atoms with E-state index in [0.717, 1.165) is 6.42 Å². The van der Waals surface area contributed by atoms with E-state index in [1.54, 1.807) is 0 Å². The van der Waals surface area contributed by atoms with Gasteiger partial charge < -0.3 is 0 Å². The highest BCUT2D eigenvalue weighted by molar-refractivity contribution is 8.64. The Morgan fingerprint density at radius 2 is 1.15 bits per heavy atom. The molecule has 1 aromatic carbocycles. The van der Waals surface area contributed by atoms with Crippen molar-refractivity contribution in [1.29, 1.82) is 0 Å². The minimum atomic E-state index is 0.279. The lowest BCUT2D eigenvalue weighted by molar-refractivity contribution is 0.999. The van der Waals surface area contributed by atoms with Crippen LogP contribution in [0.15, 0.2) is 30.3 Å². The van der Waals surface area contributed by atoms with Crippen LogP contribution in [0.1, 0.15) is 26.3 Å². The first kappa shape index (κ1) is 14.9. The first-order valence-electron chi connectivity index (χ1n) is 6.57. The van der Waals surface area contributed by atoms with E-state index in [-0.39, 0.29) is 3.41 Å². The highest BCUT2D eigenvalue weighted by atomic mass is 32.4. The normalized spacial score (nSPS) is 49.5. The SMILES string of the molecule is CC12SC3(C)SC(C)(S1)SC(Cc1ccccc1)(S2)S3. The Morgan fingerprint density at radius 1 is 0.700 bits per heavy atom. The van der Waals surface area contributed by atoms with Crippen LogP contribution in [0, 0.1) is 0 Å². The molecular formula is C14H16S6. The molecule has 4 saturated heterocycles. The molecule has 6 heteroatoms. The largest absolute Gasteiger partial charge is 0.117 e. The minimum Gasteiger partial charge on any atom is -0.105 e. The van der Waals surface area contributed by atoms with Crippen LogP contribution in [0.5, 0.6) is 0 Å². The predicted molar refractivity (Wildman–Crippen MR) is 104 cm³/mol. The maximum absolute atomic E-state index is 2.43. The predicted octanol–water partition coefficient (Wildman–Crippen LogP) is 6.34. The van der Waals surface area contributed by atoms with Crippen molar-refractivity contribution >= 4 is 70.6 Å². The molecule has 0 N–H and O–H groups in total. The second kappa shape index (κ2) is 4.67. The zero-order valence-corrected chi connectivity index (χ0v) is 16.4. The fourth-order valence-corrected chi connectivity index (χ4v) is 24.9. The topological polar surface area (TPSA) is 0 Å². The molecule has 0 spiro atoms. The first-order chi connectivity index (χ1) is 9.32. The van der Waals surface area contributed by atoms with Gasteiger partial charge in [0.05, 0.1) is 0 Å². The van der Waals surface area contributed by atoms with E-state index >= 15 is 0 Å². The van der Waals surface area contributed by atoms with Crippen LogP contribution in [-0.2, 0) is 6.42 Å². The summed E-state index contributed by atoms with van der Waals surface area (Å²) in [6.07, 6.45) is 1.16. The third kappa shape index (κ3) is 2.56. The van der Waals surface area contributed by atoms with E-state index < -0.39 is 0 Å². The minimum absolute atomic E-state index is 0.279. The van der Waals surface area contributed by atoms with Gasteiger partial charge in [-0.1, -0.05) is 30.3 Å². The van der Waals surface area contributed by atoms with E-state index in [4.69, 9.17) is 0 Å². The first-order valence-corrected chi connectivity index (χ1v) is 11.5. The molecule has 0 aromatic heterocycles. The summed E-state index contributed by atoms with van der Waals surface area (Å²) in [5, 5.41) is 0. The van der Waals surface area contributed by atoms with Crippen LogP contribution in [0.4, 0.5) is 0 Å². The molecule has 1 aromatic rings. The zero-order valence-electron chi connectivity index (χ0n) is 11.5. The van der Waals surface area contributed by atoms with Gasteiger partial charge >= 0.3 is 0 Å².